The lowest BCUT2D eigenvalue weighted by molar-refractivity contribution is -0.132. The number of hydrogen-bond acceptors (Lipinski definition) is 7. The zero-order chi connectivity index (χ0) is 24.0. The molecule has 0 spiro atoms. The largest absolute Gasteiger partial charge is 0.491 e. The van der Waals surface area contributed by atoms with Gasteiger partial charge in [0, 0.05) is 54.7 Å². The lowest BCUT2D eigenvalue weighted by Crippen LogP contribution is -2.54. The van der Waals surface area contributed by atoms with Crippen molar-refractivity contribution in [1.82, 2.24) is 9.88 Å². The van der Waals surface area contributed by atoms with Crippen LogP contribution in [-0.2, 0) is 10.3 Å². The summed E-state index contributed by atoms with van der Waals surface area (Å²) in [6.45, 7) is 7.18. The van der Waals surface area contributed by atoms with Crippen molar-refractivity contribution >= 4 is 28.9 Å². The molecule has 0 radical (unpaired) electrons. The van der Waals surface area contributed by atoms with E-state index in [4.69, 9.17) is 15.5 Å². The van der Waals surface area contributed by atoms with Crippen molar-refractivity contribution in [3.05, 3.63) is 64.6 Å². The second kappa shape index (κ2) is 8.43. The molecule has 1 aromatic carbocycles. The van der Waals surface area contributed by atoms with E-state index in [1.165, 1.54) is 4.90 Å². The maximum Gasteiger partial charge on any atom is 0.236 e. The van der Waals surface area contributed by atoms with Gasteiger partial charge in [-0.15, -0.1) is 11.3 Å². The van der Waals surface area contributed by atoms with Crippen molar-refractivity contribution in [1.29, 1.82) is 0 Å². The molecule has 8 heteroatoms. The minimum atomic E-state index is -0.733. The van der Waals surface area contributed by atoms with Crippen molar-refractivity contribution in [2.75, 3.05) is 25.0 Å². The van der Waals surface area contributed by atoms with E-state index >= 15 is 0 Å². The number of anilines is 1. The Kier molecular flexibility index (Phi) is 5.56. The first kappa shape index (κ1) is 22.4. The lowest BCUT2D eigenvalue weighted by atomic mass is 9.83. The summed E-state index contributed by atoms with van der Waals surface area (Å²) in [5, 5.41) is 2.12. The topological polar surface area (TPSA) is 84.1 Å². The zero-order valence-corrected chi connectivity index (χ0v) is 20.7. The molecule has 2 aliphatic rings. The third-order valence-electron chi connectivity index (χ3n) is 6.49. The van der Waals surface area contributed by atoms with Gasteiger partial charge in [-0.3, -0.25) is 14.7 Å². The Labute approximate surface area is 203 Å². The molecule has 3 aromatic rings. The summed E-state index contributed by atoms with van der Waals surface area (Å²) in [6, 6.07) is 12.3. The number of benzene rings is 1. The number of ether oxygens (including phenoxy) is 1. The molecule has 2 N–H and O–H groups in total. The Morgan fingerprint density at radius 1 is 1.21 bits per heavy atom. The van der Waals surface area contributed by atoms with E-state index in [0.717, 1.165) is 33.0 Å². The van der Waals surface area contributed by atoms with Crippen LogP contribution in [0.25, 0.3) is 11.1 Å². The minimum absolute atomic E-state index is 0.00300. The predicted molar refractivity (Wildman–Crippen MR) is 136 cm³/mol. The molecule has 0 bridgehead atoms. The molecule has 0 saturated carbocycles. The fourth-order valence-corrected chi connectivity index (χ4v) is 5.92. The standard InChI is InChI=1S/C26H29N5O2S/c1-16(2)33-21-7-5-6-20(10-21)31-13-22-24(32)30(4)25(27)29-26(22,15-31)23-9-19(14-34-23)18-8-17(3)11-28-12-18/h5-12,14,16,22H,13,15H2,1-4H3,(H2,27,29)/t22?,26-/m0/s1. The Hall–Kier alpha value is -3.39. The van der Waals surface area contributed by atoms with Crippen LogP contribution in [0.2, 0.25) is 0 Å². The molecule has 176 valence electrons. The van der Waals surface area contributed by atoms with Crippen LogP contribution in [0.15, 0.2) is 59.2 Å². The third-order valence-corrected chi connectivity index (χ3v) is 7.58. The Morgan fingerprint density at radius 2 is 2.03 bits per heavy atom. The van der Waals surface area contributed by atoms with Gasteiger partial charge in [0.15, 0.2) is 5.96 Å². The number of pyridine rings is 1. The zero-order valence-electron chi connectivity index (χ0n) is 19.9. The molecule has 1 saturated heterocycles. The van der Waals surface area contributed by atoms with Crippen LogP contribution < -0.4 is 15.4 Å². The Bertz CT molecular complexity index is 1270. The maximum atomic E-state index is 13.4. The van der Waals surface area contributed by atoms with Gasteiger partial charge in [0.2, 0.25) is 5.91 Å². The summed E-state index contributed by atoms with van der Waals surface area (Å²) in [7, 11) is 1.70. The number of rotatable bonds is 5. The summed E-state index contributed by atoms with van der Waals surface area (Å²) < 4.78 is 5.91. The normalized spacial score (nSPS) is 22.2. The van der Waals surface area contributed by atoms with E-state index in [1.807, 2.05) is 51.4 Å². The van der Waals surface area contributed by atoms with E-state index in [-0.39, 0.29) is 23.9 Å². The molecule has 1 amide bonds. The minimum Gasteiger partial charge on any atom is -0.491 e. The number of nitrogens with zero attached hydrogens (tertiary/aromatic N) is 4. The number of carbonyl (C=O) groups is 1. The Balaban J connectivity index is 1.56. The highest BCUT2D eigenvalue weighted by atomic mass is 32.1. The summed E-state index contributed by atoms with van der Waals surface area (Å²) in [6.07, 6.45) is 3.80. The number of guanidine groups is 1. The van der Waals surface area contributed by atoms with Gasteiger partial charge in [-0.1, -0.05) is 6.07 Å². The van der Waals surface area contributed by atoms with Crippen LogP contribution in [0.5, 0.6) is 5.75 Å². The second-order valence-electron chi connectivity index (χ2n) is 9.34. The summed E-state index contributed by atoms with van der Waals surface area (Å²) in [5.74, 6) is 0.735. The van der Waals surface area contributed by atoms with Gasteiger partial charge >= 0.3 is 0 Å². The fraction of sp³-hybridized carbons (Fsp3) is 0.346. The molecule has 2 aromatic heterocycles. The van der Waals surface area contributed by atoms with Gasteiger partial charge < -0.3 is 15.4 Å². The number of carbonyl (C=O) groups excluding carboxylic acids is 1. The quantitative estimate of drug-likeness (QED) is 0.603. The molecule has 0 aliphatic carbocycles. The second-order valence-corrected chi connectivity index (χ2v) is 10.3. The number of aromatic nitrogens is 1. The smallest absolute Gasteiger partial charge is 0.236 e. The van der Waals surface area contributed by atoms with Crippen LogP contribution in [-0.4, -0.2) is 48.0 Å². The summed E-state index contributed by atoms with van der Waals surface area (Å²) in [4.78, 5) is 27.5. The lowest BCUT2D eigenvalue weighted by Gasteiger charge is -2.36. The number of amides is 1. The molecule has 4 heterocycles. The predicted octanol–water partition coefficient (Wildman–Crippen LogP) is 4.02. The first-order valence-corrected chi connectivity index (χ1v) is 12.3. The van der Waals surface area contributed by atoms with Crippen LogP contribution in [0.4, 0.5) is 5.69 Å². The fourth-order valence-electron chi connectivity index (χ4n) is 4.81. The molecule has 5 rings (SSSR count). The molecular formula is C26H29N5O2S. The molecule has 34 heavy (non-hydrogen) atoms. The van der Waals surface area contributed by atoms with E-state index < -0.39 is 5.54 Å². The SMILES string of the molecule is Cc1cncc(-c2csc([C@]34CN(c5cccc(OC(C)C)c5)CC3C(=O)N(C)C(N)=N4)c2)c1. The van der Waals surface area contributed by atoms with Crippen molar-refractivity contribution in [2.45, 2.75) is 32.4 Å². The van der Waals surface area contributed by atoms with Crippen molar-refractivity contribution in [3.63, 3.8) is 0 Å². The highest BCUT2D eigenvalue weighted by Gasteiger charge is 2.56. The Morgan fingerprint density at radius 3 is 2.79 bits per heavy atom. The first-order valence-electron chi connectivity index (χ1n) is 11.4. The molecule has 1 fully saturated rings. The number of aliphatic imine (C=N–C) groups is 1. The van der Waals surface area contributed by atoms with Crippen molar-refractivity contribution in [2.24, 2.45) is 16.6 Å². The monoisotopic (exact) mass is 475 g/mol. The molecular weight excluding hydrogens is 446 g/mol. The summed E-state index contributed by atoms with van der Waals surface area (Å²) in [5.41, 5.74) is 9.78. The van der Waals surface area contributed by atoms with Gasteiger partial charge in [-0.25, -0.2) is 4.99 Å². The molecule has 2 aliphatic heterocycles. The number of aryl methyl sites for hydroxylation is 1. The van der Waals surface area contributed by atoms with Crippen LogP contribution >= 0.6 is 11.3 Å². The van der Waals surface area contributed by atoms with Crippen LogP contribution in [0, 0.1) is 12.8 Å². The van der Waals surface area contributed by atoms with Crippen molar-refractivity contribution in [3.8, 4) is 16.9 Å². The van der Waals surface area contributed by atoms with Crippen molar-refractivity contribution < 1.29 is 9.53 Å². The van der Waals surface area contributed by atoms with Gasteiger partial charge in [0.25, 0.3) is 0 Å². The highest BCUT2D eigenvalue weighted by Crippen LogP contribution is 2.48. The van der Waals surface area contributed by atoms with Gasteiger partial charge in [-0.2, -0.15) is 0 Å². The number of hydrogen-bond donors (Lipinski definition) is 1. The highest BCUT2D eigenvalue weighted by molar-refractivity contribution is 7.10. The average molecular weight is 476 g/mol. The van der Waals surface area contributed by atoms with Gasteiger partial charge in [0.05, 0.1) is 12.0 Å². The maximum absolute atomic E-state index is 13.4. The van der Waals surface area contributed by atoms with Crippen LogP contribution in [0.1, 0.15) is 24.3 Å². The van der Waals surface area contributed by atoms with E-state index in [9.17, 15) is 4.79 Å². The van der Waals surface area contributed by atoms with E-state index in [1.54, 1.807) is 18.4 Å². The molecule has 1 unspecified atom stereocenters. The van der Waals surface area contributed by atoms with Gasteiger partial charge in [0.1, 0.15) is 11.3 Å². The number of fused-ring (bicyclic) bond motifs is 1. The molecule has 2 atom stereocenters. The van der Waals surface area contributed by atoms with Crippen LogP contribution in [0.3, 0.4) is 0 Å². The molecule has 7 nitrogen and oxygen atoms in total. The summed E-state index contributed by atoms with van der Waals surface area (Å²) >= 11 is 1.63. The van der Waals surface area contributed by atoms with E-state index in [0.29, 0.717) is 13.1 Å². The average Bonchev–Trinajstić information content (AvgIpc) is 3.44. The first-order chi connectivity index (χ1) is 16.3. The third kappa shape index (κ3) is 3.81. The van der Waals surface area contributed by atoms with E-state index in [2.05, 4.69) is 33.5 Å². The number of nitrogens with two attached hydrogens (primary N) is 1. The van der Waals surface area contributed by atoms with Gasteiger partial charge in [-0.05, 0) is 61.5 Å². The number of thiophene rings is 1.